The van der Waals surface area contributed by atoms with Gasteiger partial charge in [-0.05, 0) is 109 Å². The van der Waals surface area contributed by atoms with E-state index in [1.54, 1.807) is 6.08 Å². The summed E-state index contributed by atoms with van der Waals surface area (Å²) >= 11 is 0. The van der Waals surface area contributed by atoms with Crippen LogP contribution >= 0.6 is 0 Å². The van der Waals surface area contributed by atoms with Gasteiger partial charge in [0.25, 0.3) is 0 Å². The van der Waals surface area contributed by atoms with Crippen molar-refractivity contribution in [3.63, 3.8) is 0 Å². The highest BCUT2D eigenvalue weighted by molar-refractivity contribution is 5.76. The van der Waals surface area contributed by atoms with Gasteiger partial charge >= 0.3 is 0 Å². The van der Waals surface area contributed by atoms with Gasteiger partial charge in [-0.15, -0.1) is 0 Å². The first-order valence-corrected chi connectivity index (χ1v) is 46.7. The largest absolute Gasteiger partial charge is 0.394 e. The van der Waals surface area contributed by atoms with Crippen molar-refractivity contribution in [2.24, 2.45) is 0 Å². The van der Waals surface area contributed by atoms with Crippen molar-refractivity contribution in [3.05, 3.63) is 158 Å². The Morgan fingerprint density at radius 1 is 0.314 bits per heavy atom. The third kappa shape index (κ3) is 53.4. The van der Waals surface area contributed by atoms with Crippen LogP contribution in [0.4, 0.5) is 0 Å². The van der Waals surface area contributed by atoms with Gasteiger partial charge in [0, 0.05) is 6.42 Å². The maximum Gasteiger partial charge on any atom is 0.220 e. The summed E-state index contributed by atoms with van der Waals surface area (Å²) in [6, 6.07) is -1.00. The summed E-state index contributed by atoms with van der Waals surface area (Å²) in [6.45, 7) is 1.63. The minimum atomic E-state index is -1.99. The highest BCUT2D eigenvalue weighted by Gasteiger charge is 2.54. The van der Waals surface area contributed by atoms with Crippen molar-refractivity contribution >= 4 is 5.91 Å². The first kappa shape index (κ1) is 108. The van der Waals surface area contributed by atoms with Crippen molar-refractivity contribution < 1.29 is 89.4 Å². The maximum absolute atomic E-state index is 13.5. The van der Waals surface area contributed by atoms with E-state index in [4.69, 9.17) is 28.4 Å². The molecule has 0 aliphatic carbocycles. The van der Waals surface area contributed by atoms with E-state index in [1.807, 2.05) is 6.08 Å². The molecule has 3 fully saturated rings. The molecule has 12 N–H and O–H groups in total. The van der Waals surface area contributed by atoms with Crippen LogP contribution in [0.2, 0.25) is 0 Å². The van der Waals surface area contributed by atoms with Crippen molar-refractivity contribution in [3.8, 4) is 0 Å². The van der Waals surface area contributed by atoms with E-state index >= 15 is 0 Å². The van der Waals surface area contributed by atoms with Crippen molar-refractivity contribution in [2.45, 2.75) is 433 Å². The number of nitrogens with one attached hydrogen (secondary N) is 1. The number of allylic oxidation sites excluding steroid dienone is 25. The van der Waals surface area contributed by atoms with Crippen molar-refractivity contribution in [1.29, 1.82) is 0 Å². The summed E-state index contributed by atoms with van der Waals surface area (Å²) in [4.78, 5) is 13.5. The number of carbonyl (C=O) groups is 1. The Balaban J connectivity index is 1.34. The number of unbranched alkanes of at least 4 members (excludes halogenated alkanes) is 34. The molecule has 19 nitrogen and oxygen atoms in total. The molecule has 3 aliphatic rings. The molecule has 0 saturated carbocycles. The fourth-order valence-corrected chi connectivity index (χ4v) is 14.7. The van der Waals surface area contributed by atoms with Crippen LogP contribution in [0, 0.1) is 0 Å². The molecule has 0 aromatic rings. The quantitative estimate of drug-likeness (QED) is 0.0199. The molecule has 17 atom stereocenters. The predicted molar refractivity (Wildman–Crippen MR) is 479 cm³/mol. The maximum atomic E-state index is 13.5. The molecule has 0 aromatic heterocycles. The average molecular weight is 1660 g/mol. The summed E-state index contributed by atoms with van der Waals surface area (Å²) in [5.74, 6) is -0.302. The second-order valence-corrected chi connectivity index (χ2v) is 32.4. The number of rotatable bonds is 74. The lowest BCUT2D eigenvalue weighted by Gasteiger charge is -2.48. The van der Waals surface area contributed by atoms with Gasteiger partial charge in [0.1, 0.15) is 73.2 Å². The van der Waals surface area contributed by atoms with E-state index in [9.17, 15) is 61.0 Å². The number of aliphatic hydroxyl groups excluding tert-OH is 11. The van der Waals surface area contributed by atoms with Gasteiger partial charge in [0.2, 0.25) is 5.91 Å². The van der Waals surface area contributed by atoms with Gasteiger partial charge in [-0.3, -0.25) is 4.79 Å². The van der Waals surface area contributed by atoms with Crippen LogP contribution in [0.1, 0.15) is 328 Å². The van der Waals surface area contributed by atoms with Crippen LogP contribution in [-0.2, 0) is 33.2 Å². The Labute approximate surface area is 714 Å². The molecular weight excluding hydrogens is 1490 g/mol. The van der Waals surface area contributed by atoms with Crippen LogP contribution in [0.3, 0.4) is 0 Å². The summed E-state index contributed by atoms with van der Waals surface area (Å²) in [7, 11) is 0. The molecule has 118 heavy (non-hydrogen) atoms. The van der Waals surface area contributed by atoms with E-state index in [-0.39, 0.29) is 18.9 Å². The van der Waals surface area contributed by atoms with Gasteiger partial charge in [0.15, 0.2) is 18.9 Å². The van der Waals surface area contributed by atoms with Crippen LogP contribution in [0.5, 0.6) is 0 Å². The first-order chi connectivity index (χ1) is 57.8. The minimum Gasteiger partial charge on any atom is -0.394 e. The SMILES string of the molecule is CC/C=C\C/C=C\C/C=C\C/C=C\C/C=C\C/C=C\C/C=C\C/C=C\C/C=C\C/C=C\C/C=C\C/C=C\CCCCCCC(=O)NC(COC1OC(CO)C(OC2OC(CO)C(OC3OC(CO)C(O)C(O)C3O)C(O)C2O)C(O)C1O)C(O)/C=C/CCCCCCCCCCCCCCCCCCCCCCCCCCCCCCCC. The van der Waals surface area contributed by atoms with Gasteiger partial charge < -0.3 is 89.9 Å². The van der Waals surface area contributed by atoms with Gasteiger partial charge in [-0.2, -0.15) is 0 Å². The first-order valence-electron chi connectivity index (χ1n) is 46.7. The Morgan fingerprint density at radius 3 is 0.915 bits per heavy atom. The van der Waals surface area contributed by atoms with Crippen LogP contribution in [0.25, 0.3) is 0 Å². The molecule has 3 rings (SSSR count). The molecule has 676 valence electrons. The van der Waals surface area contributed by atoms with E-state index in [0.717, 1.165) is 128 Å². The van der Waals surface area contributed by atoms with Gasteiger partial charge in [0.05, 0.1) is 38.6 Å². The average Bonchev–Trinajstić information content (AvgIpc) is 0.777. The number of amides is 1. The van der Waals surface area contributed by atoms with E-state index in [0.29, 0.717) is 6.42 Å². The number of hydrogen-bond donors (Lipinski definition) is 12. The lowest BCUT2D eigenvalue weighted by Crippen LogP contribution is -2.66. The molecule has 3 heterocycles. The highest BCUT2D eigenvalue weighted by Crippen LogP contribution is 2.33. The molecule has 19 heteroatoms. The Kier molecular flexibility index (Phi) is 69.4. The van der Waals surface area contributed by atoms with Crippen LogP contribution in [0.15, 0.2) is 158 Å². The number of ether oxygens (including phenoxy) is 6. The summed E-state index contributed by atoms with van der Waals surface area (Å²) in [5, 5.41) is 121. The third-order valence-electron chi connectivity index (χ3n) is 22.1. The van der Waals surface area contributed by atoms with Crippen LogP contribution in [-0.4, -0.2) is 193 Å². The van der Waals surface area contributed by atoms with Crippen LogP contribution < -0.4 is 5.32 Å². The summed E-state index contributed by atoms with van der Waals surface area (Å²) < 4.78 is 34.5. The Hall–Kier alpha value is -4.59. The predicted octanol–water partition coefficient (Wildman–Crippen LogP) is 18.7. The molecule has 0 spiro atoms. The van der Waals surface area contributed by atoms with E-state index < -0.39 is 124 Å². The lowest BCUT2D eigenvalue weighted by molar-refractivity contribution is -0.379. The molecule has 1 amide bonds. The Bertz CT molecular complexity index is 2750. The van der Waals surface area contributed by atoms with E-state index in [2.05, 4.69) is 165 Å². The normalized spacial score (nSPS) is 25.0. The number of aliphatic hydroxyl groups is 11. The Morgan fingerprint density at radius 2 is 0.585 bits per heavy atom. The van der Waals surface area contributed by atoms with Crippen molar-refractivity contribution in [1.82, 2.24) is 5.32 Å². The summed E-state index contributed by atoms with van der Waals surface area (Å²) in [5.41, 5.74) is 0. The lowest BCUT2D eigenvalue weighted by atomic mass is 9.96. The second-order valence-electron chi connectivity index (χ2n) is 32.4. The fourth-order valence-electron chi connectivity index (χ4n) is 14.7. The van der Waals surface area contributed by atoms with E-state index in [1.165, 1.54) is 173 Å². The van der Waals surface area contributed by atoms with Crippen molar-refractivity contribution in [2.75, 3.05) is 26.4 Å². The zero-order chi connectivity index (χ0) is 85.2. The number of carbonyl (C=O) groups excluding carboxylic acids is 1. The molecular formula is C99H167NO18. The smallest absolute Gasteiger partial charge is 0.220 e. The standard InChI is InChI=1S/C99H167NO18/c1-3-5-7-9-11-13-15-17-19-21-23-25-27-29-31-33-35-37-38-39-40-41-42-43-44-45-47-49-51-53-55-57-59-61-63-65-67-69-71-73-75-77-87(105)100-82(83(104)76-74-72-70-68-66-64-62-60-58-56-54-52-50-48-46-36-34-32-30-28-26-24-22-20-18-16-14-12-10-8-6-4-2)81-113-97-93(111)90(108)95(85(79-102)115-97)118-99-94(112)91(109)96(86(80-103)116-99)117-98-92(110)89(107)88(106)84(78-101)114-98/h5,7,11,13,17,19,23,25,29,31,35,37,39-40,42-43,45,47,51,53,57,59,63,65,74,76,82-86,88-99,101-104,106-112H,3-4,6,8-10,12,14-16,18,20-22,24,26-28,30,32-34,36,38,41,44,46,48-50,52,54-56,58,60-62,64,66-73,75,77-81H2,1-2H3,(H,100,105)/b7-5-,13-11-,19-17-,25-23-,31-29-,37-35-,40-39-,43-42-,47-45-,53-51-,59-57-,65-63-,76-74+. The second kappa shape index (κ2) is 76.1. The monoisotopic (exact) mass is 1660 g/mol. The van der Waals surface area contributed by atoms with Gasteiger partial charge in [-0.25, -0.2) is 0 Å². The number of hydrogen-bond acceptors (Lipinski definition) is 18. The third-order valence-corrected chi connectivity index (χ3v) is 22.1. The summed E-state index contributed by atoms with van der Waals surface area (Å²) in [6.07, 6.45) is 86.7. The molecule has 3 saturated heterocycles. The minimum absolute atomic E-state index is 0.204. The van der Waals surface area contributed by atoms with Gasteiger partial charge in [-0.1, -0.05) is 371 Å². The zero-order valence-electron chi connectivity index (χ0n) is 73.1. The zero-order valence-corrected chi connectivity index (χ0v) is 73.1. The fraction of sp³-hybridized carbons (Fsp3) is 0.727. The topological polar surface area (TPSA) is 307 Å². The highest BCUT2D eigenvalue weighted by atomic mass is 16.8. The molecule has 0 bridgehead atoms. The molecule has 0 aromatic carbocycles. The molecule has 3 aliphatic heterocycles. The molecule has 17 unspecified atom stereocenters. The molecule has 0 radical (unpaired) electrons.